The number of nitrogens with zero attached hydrogens (tertiary/aromatic N) is 1. The molecule has 142 valence electrons. The summed E-state index contributed by atoms with van der Waals surface area (Å²) in [7, 11) is 0. The van der Waals surface area contributed by atoms with E-state index in [-0.39, 0.29) is 5.56 Å². The number of H-pyrrole nitrogens is 1. The molecule has 0 saturated carbocycles. The highest BCUT2D eigenvalue weighted by molar-refractivity contribution is 9.10. The Morgan fingerprint density at radius 2 is 1.86 bits per heavy atom. The number of aromatic nitrogens is 2. The first-order valence-corrected chi connectivity index (χ1v) is 9.94. The number of benzene rings is 2. The van der Waals surface area contributed by atoms with Crippen LogP contribution in [0.4, 0.5) is 0 Å². The lowest BCUT2D eigenvalue weighted by molar-refractivity contribution is 0.104. The van der Waals surface area contributed by atoms with Gasteiger partial charge in [-0.15, -0.1) is 0 Å². The van der Waals surface area contributed by atoms with Crippen LogP contribution < -0.4 is 5.56 Å². The van der Waals surface area contributed by atoms with E-state index in [9.17, 15) is 9.59 Å². The van der Waals surface area contributed by atoms with Crippen LogP contribution in [0.15, 0.2) is 82.3 Å². The van der Waals surface area contributed by atoms with Gasteiger partial charge in [0.05, 0.1) is 5.56 Å². The molecule has 0 saturated heterocycles. The van der Waals surface area contributed by atoms with Crippen LogP contribution in [0.3, 0.4) is 0 Å². The zero-order chi connectivity index (χ0) is 20.4. The number of carbonyl (C=O) groups excluding carboxylic acids is 1. The zero-order valence-corrected chi connectivity index (χ0v) is 17.4. The minimum absolute atomic E-state index is 0.0742. The summed E-state index contributed by atoms with van der Waals surface area (Å²) in [6, 6.07) is 16.4. The molecular weight excluding hydrogens is 452 g/mol. The molecule has 2 heterocycles. The van der Waals surface area contributed by atoms with Crippen molar-refractivity contribution in [2.24, 2.45) is 0 Å². The van der Waals surface area contributed by atoms with Crippen molar-refractivity contribution >= 4 is 50.3 Å². The van der Waals surface area contributed by atoms with E-state index in [0.717, 1.165) is 15.6 Å². The highest BCUT2D eigenvalue weighted by atomic mass is 79.9. The van der Waals surface area contributed by atoms with Crippen LogP contribution in [0.5, 0.6) is 0 Å². The van der Waals surface area contributed by atoms with Crippen molar-refractivity contribution in [1.29, 1.82) is 0 Å². The van der Waals surface area contributed by atoms with Gasteiger partial charge in [-0.25, -0.2) is 0 Å². The normalized spacial score (nSPS) is 11.2. The van der Waals surface area contributed by atoms with Gasteiger partial charge in [0.15, 0.2) is 5.78 Å². The first-order chi connectivity index (χ1) is 14.0. The Balaban J connectivity index is 1.92. The first kappa shape index (κ1) is 19.3. The third-order valence-electron chi connectivity index (χ3n) is 4.44. The monoisotopic (exact) mass is 464 g/mol. The molecule has 0 amide bonds. The molecule has 1 N–H and O–H groups in total. The van der Waals surface area contributed by atoms with Gasteiger partial charge in [0.1, 0.15) is 0 Å². The molecular formula is C23H14BrClN2O2. The SMILES string of the molecule is O=C(C=Cc1cncc(Br)c1)c1c(-c2ccccc2)c2cc(Cl)ccc2[nH]c1=O. The van der Waals surface area contributed by atoms with Crippen molar-refractivity contribution in [2.45, 2.75) is 0 Å². The van der Waals surface area contributed by atoms with Crippen LogP contribution in [0, 0.1) is 0 Å². The Hall–Kier alpha value is -3.02. The summed E-state index contributed by atoms with van der Waals surface area (Å²) in [6.45, 7) is 0. The standard InChI is InChI=1S/C23H14BrClN2O2/c24-16-10-14(12-26-13-16)6-9-20(28)22-21(15-4-2-1-3-5-15)18-11-17(25)7-8-19(18)27-23(22)29/h1-13H,(H,27,29). The van der Waals surface area contributed by atoms with E-state index >= 15 is 0 Å². The van der Waals surface area contributed by atoms with E-state index in [4.69, 9.17) is 11.6 Å². The van der Waals surface area contributed by atoms with Crippen LogP contribution in [0.1, 0.15) is 15.9 Å². The zero-order valence-electron chi connectivity index (χ0n) is 15.0. The summed E-state index contributed by atoms with van der Waals surface area (Å²) < 4.78 is 0.801. The van der Waals surface area contributed by atoms with Crippen LogP contribution in [0.25, 0.3) is 28.1 Å². The smallest absolute Gasteiger partial charge is 0.260 e. The number of allylic oxidation sites excluding steroid dienone is 1. The maximum Gasteiger partial charge on any atom is 0.260 e. The van der Waals surface area contributed by atoms with E-state index in [2.05, 4.69) is 25.9 Å². The van der Waals surface area contributed by atoms with Gasteiger partial charge in [0.25, 0.3) is 5.56 Å². The molecule has 2 aromatic carbocycles. The summed E-state index contributed by atoms with van der Waals surface area (Å²) in [5, 5.41) is 1.24. The number of pyridine rings is 2. The summed E-state index contributed by atoms with van der Waals surface area (Å²) in [5.74, 6) is -0.396. The summed E-state index contributed by atoms with van der Waals surface area (Å²) in [4.78, 5) is 32.8. The molecule has 4 nitrogen and oxygen atoms in total. The van der Waals surface area contributed by atoms with Gasteiger partial charge in [-0.3, -0.25) is 14.6 Å². The molecule has 0 aliphatic heterocycles. The second-order valence-corrected chi connectivity index (χ2v) is 7.75. The molecule has 0 fully saturated rings. The van der Waals surface area contributed by atoms with Gasteiger partial charge in [-0.1, -0.05) is 41.9 Å². The Labute approximate surface area is 180 Å². The van der Waals surface area contributed by atoms with Gasteiger partial charge < -0.3 is 4.98 Å². The van der Waals surface area contributed by atoms with Crippen molar-refractivity contribution in [2.75, 3.05) is 0 Å². The number of fused-ring (bicyclic) bond motifs is 1. The fraction of sp³-hybridized carbons (Fsp3) is 0. The topological polar surface area (TPSA) is 62.8 Å². The van der Waals surface area contributed by atoms with Gasteiger partial charge in [-0.05, 0) is 63.5 Å². The molecule has 29 heavy (non-hydrogen) atoms. The highest BCUT2D eigenvalue weighted by Crippen LogP contribution is 2.31. The second kappa shape index (κ2) is 8.15. The first-order valence-electron chi connectivity index (χ1n) is 8.77. The number of aromatic amines is 1. The lowest BCUT2D eigenvalue weighted by Crippen LogP contribution is -2.18. The number of hydrogen-bond acceptors (Lipinski definition) is 3. The van der Waals surface area contributed by atoms with Gasteiger partial charge in [0.2, 0.25) is 0 Å². The number of rotatable bonds is 4. The van der Waals surface area contributed by atoms with Crippen LogP contribution in [-0.4, -0.2) is 15.8 Å². The van der Waals surface area contributed by atoms with E-state index < -0.39 is 11.3 Å². The van der Waals surface area contributed by atoms with Crippen molar-refractivity contribution < 1.29 is 4.79 Å². The van der Waals surface area contributed by atoms with Crippen molar-refractivity contribution in [3.63, 3.8) is 0 Å². The molecule has 0 spiro atoms. The van der Waals surface area contributed by atoms with Crippen molar-refractivity contribution in [1.82, 2.24) is 9.97 Å². The third-order valence-corrected chi connectivity index (χ3v) is 5.11. The van der Waals surface area contributed by atoms with Crippen molar-refractivity contribution in [3.8, 4) is 11.1 Å². The number of ketones is 1. The number of carbonyl (C=O) groups is 1. The molecule has 0 aliphatic rings. The van der Waals surface area contributed by atoms with E-state index in [1.807, 2.05) is 36.4 Å². The molecule has 0 bridgehead atoms. The average molecular weight is 466 g/mol. The van der Waals surface area contributed by atoms with E-state index in [1.54, 1.807) is 36.7 Å². The molecule has 4 rings (SSSR count). The van der Waals surface area contributed by atoms with Crippen LogP contribution >= 0.6 is 27.5 Å². The molecule has 2 aromatic heterocycles. The van der Waals surface area contributed by atoms with Crippen LogP contribution in [0.2, 0.25) is 5.02 Å². The maximum absolute atomic E-state index is 13.1. The molecule has 0 radical (unpaired) electrons. The summed E-state index contributed by atoms with van der Waals surface area (Å²) in [5.41, 5.74) is 2.33. The average Bonchev–Trinajstić information content (AvgIpc) is 2.72. The number of hydrogen-bond donors (Lipinski definition) is 1. The summed E-state index contributed by atoms with van der Waals surface area (Å²) >= 11 is 9.56. The maximum atomic E-state index is 13.1. The fourth-order valence-electron chi connectivity index (χ4n) is 3.18. The van der Waals surface area contributed by atoms with Gasteiger partial charge >= 0.3 is 0 Å². The number of halogens is 2. The fourth-order valence-corrected chi connectivity index (χ4v) is 3.73. The Bertz CT molecular complexity index is 1310. The van der Waals surface area contributed by atoms with Crippen molar-refractivity contribution in [3.05, 3.63) is 104 Å². The van der Waals surface area contributed by atoms with E-state index in [0.29, 0.717) is 21.5 Å². The lowest BCUT2D eigenvalue weighted by atomic mass is 9.94. The van der Waals surface area contributed by atoms with Gasteiger partial charge in [0, 0.05) is 38.4 Å². The third kappa shape index (κ3) is 4.06. The molecule has 0 aliphatic carbocycles. The highest BCUT2D eigenvalue weighted by Gasteiger charge is 2.19. The minimum Gasteiger partial charge on any atom is -0.321 e. The largest absolute Gasteiger partial charge is 0.321 e. The van der Waals surface area contributed by atoms with E-state index in [1.165, 1.54) is 6.08 Å². The molecule has 0 atom stereocenters. The molecule has 6 heteroatoms. The Morgan fingerprint density at radius 1 is 1.07 bits per heavy atom. The second-order valence-electron chi connectivity index (χ2n) is 6.39. The van der Waals surface area contributed by atoms with Gasteiger partial charge in [-0.2, -0.15) is 0 Å². The van der Waals surface area contributed by atoms with Crippen LogP contribution in [-0.2, 0) is 0 Å². The lowest BCUT2D eigenvalue weighted by Gasteiger charge is -2.11. The predicted molar refractivity (Wildman–Crippen MR) is 120 cm³/mol. The number of nitrogens with one attached hydrogen (secondary N) is 1. The minimum atomic E-state index is -0.444. The quantitative estimate of drug-likeness (QED) is 0.301. The Kier molecular flexibility index (Phi) is 5.43. The summed E-state index contributed by atoms with van der Waals surface area (Å²) in [6.07, 6.45) is 6.31. The Morgan fingerprint density at radius 3 is 2.62 bits per heavy atom. The predicted octanol–water partition coefficient (Wildman–Crippen LogP) is 5.90. The molecule has 0 unspecified atom stereocenters. The molecule has 4 aromatic rings.